The van der Waals surface area contributed by atoms with Gasteiger partial charge >= 0.3 is 0 Å². The summed E-state index contributed by atoms with van der Waals surface area (Å²) in [7, 11) is 5.88. The maximum Gasteiger partial charge on any atom is 0.258 e. The number of azo groups is 1. The van der Waals surface area contributed by atoms with E-state index in [2.05, 4.69) is 15.5 Å². The number of carbonyl (C=O) groups is 2. The minimum atomic E-state index is -1.36. The first-order chi connectivity index (χ1) is 14.3. The van der Waals surface area contributed by atoms with E-state index < -0.39 is 17.7 Å². The molecule has 30 heavy (non-hydrogen) atoms. The van der Waals surface area contributed by atoms with E-state index in [9.17, 15) is 9.59 Å². The summed E-state index contributed by atoms with van der Waals surface area (Å²) < 4.78 is 20.7. The Labute approximate surface area is 178 Å². The Kier molecular flexibility index (Phi) is 7.99. The highest BCUT2D eigenvalue weighted by Gasteiger charge is 2.24. The topological polar surface area (TPSA) is 108 Å². The number of methoxy groups -OCH3 is 4. The smallest absolute Gasteiger partial charge is 0.258 e. The number of rotatable bonds is 9. The molecule has 160 valence electrons. The zero-order valence-electron chi connectivity index (χ0n) is 17.2. The maximum atomic E-state index is 12.6. The summed E-state index contributed by atoms with van der Waals surface area (Å²) in [6, 6.07) is 6.47. The average molecular weight is 436 g/mol. The molecule has 0 radical (unpaired) electrons. The molecule has 10 heteroatoms. The fourth-order valence-electron chi connectivity index (χ4n) is 2.53. The first kappa shape index (κ1) is 23.0. The van der Waals surface area contributed by atoms with E-state index in [-0.39, 0.29) is 5.02 Å². The van der Waals surface area contributed by atoms with Gasteiger partial charge in [-0.25, -0.2) is 0 Å². The van der Waals surface area contributed by atoms with Gasteiger partial charge in [-0.1, -0.05) is 11.6 Å². The molecule has 0 spiro atoms. The lowest BCUT2D eigenvalue weighted by Crippen LogP contribution is -2.31. The molecule has 0 aliphatic rings. The van der Waals surface area contributed by atoms with Gasteiger partial charge < -0.3 is 24.3 Å². The van der Waals surface area contributed by atoms with E-state index in [0.29, 0.717) is 34.4 Å². The zero-order valence-corrected chi connectivity index (χ0v) is 17.9. The van der Waals surface area contributed by atoms with Gasteiger partial charge in [0.1, 0.15) is 0 Å². The first-order valence-corrected chi connectivity index (χ1v) is 9.08. The maximum absolute atomic E-state index is 12.6. The number of ketones is 1. The fourth-order valence-corrected chi connectivity index (χ4v) is 2.82. The van der Waals surface area contributed by atoms with E-state index in [0.717, 1.165) is 0 Å². The molecule has 2 aromatic rings. The number of benzene rings is 2. The summed E-state index contributed by atoms with van der Waals surface area (Å²) in [4.78, 5) is 24.6. The number of Topliss-reactive ketones (excluding diaryl/α,β-unsaturated/α-hetero) is 1. The Morgan fingerprint density at radius 2 is 1.60 bits per heavy atom. The van der Waals surface area contributed by atoms with Crippen molar-refractivity contribution in [3.63, 3.8) is 0 Å². The van der Waals surface area contributed by atoms with E-state index in [1.807, 2.05) is 0 Å². The monoisotopic (exact) mass is 435 g/mol. The molecular weight excluding hydrogens is 414 g/mol. The molecule has 9 nitrogen and oxygen atoms in total. The lowest BCUT2D eigenvalue weighted by molar-refractivity contribution is -0.126. The van der Waals surface area contributed by atoms with Crippen molar-refractivity contribution in [3.8, 4) is 23.0 Å². The van der Waals surface area contributed by atoms with Gasteiger partial charge in [0.25, 0.3) is 5.91 Å². The molecule has 0 aromatic heterocycles. The predicted molar refractivity (Wildman–Crippen MR) is 112 cm³/mol. The number of hydrogen-bond donors (Lipinski definition) is 1. The predicted octanol–water partition coefficient (Wildman–Crippen LogP) is 4.05. The van der Waals surface area contributed by atoms with Crippen molar-refractivity contribution in [2.45, 2.75) is 13.0 Å². The van der Waals surface area contributed by atoms with Gasteiger partial charge in [0.15, 0.2) is 28.8 Å². The second-order valence-electron chi connectivity index (χ2n) is 5.95. The van der Waals surface area contributed by atoms with E-state index in [1.54, 1.807) is 18.2 Å². The number of nitrogens with one attached hydrogen (secondary N) is 1. The van der Waals surface area contributed by atoms with Crippen LogP contribution in [-0.2, 0) is 9.59 Å². The van der Waals surface area contributed by atoms with Crippen LogP contribution in [0.3, 0.4) is 0 Å². The van der Waals surface area contributed by atoms with Gasteiger partial charge in [0.2, 0.25) is 6.04 Å². The van der Waals surface area contributed by atoms with Gasteiger partial charge in [-0.05, 0) is 25.1 Å². The van der Waals surface area contributed by atoms with Gasteiger partial charge in [-0.15, -0.1) is 0 Å². The van der Waals surface area contributed by atoms with Crippen LogP contribution in [-0.4, -0.2) is 46.2 Å². The zero-order chi connectivity index (χ0) is 22.3. The third-order valence-corrected chi connectivity index (χ3v) is 4.27. The lowest BCUT2D eigenvalue weighted by atomic mass is 10.2. The summed E-state index contributed by atoms with van der Waals surface area (Å²) in [6.07, 6.45) is 0. The van der Waals surface area contributed by atoms with Crippen molar-refractivity contribution in [2.24, 2.45) is 10.2 Å². The largest absolute Gasteiger partial charge is 0.493 e. The Morgan fingerprint density at radius 1 is 0.933 bits per heavy atom. The highest BCUT2D eigenvalue weighted by Crippen LogP contribution is 2.38. The Morgan fingerprint density at radius 3 is 2.17 bits per heavy atom. The SMILES string of the molecule is COc1ccc(N=NC(C(C)=O)C(=O)Nc2cc(Cl)c(OC)c(OC)c2)cc1OC. The first-order valence-electron chi connectivity index (χ1n) is 8.70. The number of carbonyl (C=O) groups excluding carboxylic acids is 2. The summed E-state index contributed by atoms with van der Waals surface area (Å²) in [5.41, 5.74) is 0.705. The number of nitrogens with zero attached hydrogens (tertiary/aromatic N) is 2. The van der Waals surface area contributed by atoms with Crippen LogP contribution in [0.25, 0.3) is 0 Å². The summed E-state index contributed by atoms with van der Waals surface area (Å²) in [6.45, 7) is 1.25. The van der Waals surface area contributed by atoms with Crippen LogP contribution < -0.4 is 24.3 Å². The molecule has 0 fully saturated rings. The lowest BCUT2D eigenvalue weighted by Gasteiger charge is -2.14. The highest BCUT2D eigenvalue weighted by molar-refractivity contribution is 6.32. The minimum absolute atomic E-state index is 0.235. The van der Waals surface area contributed by atoms with Crippen LogP contribution in [0, 0.1) is 0 Å². The summed E-state index contributed by atoms with van der Waals surface area (Å²) >= 11 is 6.15. The minimum Gasteiger partial charge on any atom is -0.493 e. The van der Waals surface area contributed by atoms with E-state index >= 15 is 0 Å². The molecule has 2 aromatic carbocycles. The molecular formula is C20H22ClN3O6. The third-order valence-electron chi connectivity index (χ3n) is 3.99. The van der Waals surface area contributed by atoms with Gasteiger partial charge in [-0.2, -0.15) is 10.2 Å². The van der Waals surface area contributed by atoms with Crippen LogP contribution in [0.15, 0.2) is 40.6 Å². The molecule has 0 aliphatic carbocycles. The molecule has 1 N–H and O–H groups in total. The summed E-state index contributed by atoms with van der Waals surface area (Å²) in [5, 5.41) is 10.7. The Hall–Kier alpha value is -3.33. The molecule has 1 unspecified atom stereocenters. The molecule has 0 aliphatic heterocycles. The normalized spacial score (nSPS) is 11.7. The van der Waals surface area contributed by atoms with Crippen LogP contribution in [0.5, 0.6) is 23.0 Å². The second kappa shape index (κ2) is 10.4. The van der Waals surface area contributed by atoms with Crippen LogP contribution in [0.4, 0.5) is 11.4 Å². The molecule has 0 saturated carbocycles. The van der Waals surface area contributed by atoms with E-state index in [4.69, 9.17) is 30.5 Å². The quantitative estimate of drug-likeness (QED) is 0.470. The molecule has 1 amide bonds. The molecule has 1 atom stereocenters. The van der Waals surface area contributed by atoms with Crippen molar-refractivity contribution in [2.75, 3.05) is 33.8 Å². The van der Waals surface area contributed by atoms with Gasteiger partial charge in [0.05, 0.1) is 39.1 Å². The average Bonchev–Trinajstić information content (AvgIpc) is 2.72. The number of ether oxygens (including phenoxy) is 4. The fraction of sp³-hybridized carbons (Fsp3) is 0.300. The molecule has 0 bridgehead atoms. The molecule has 0 heterocycles. The molecule has 0 saturated heterocycles. The Bertz CT molecular complexity index is 964. The van der Waals surface area contributed by atoms with Gasteiger partial charge in [0, 0.05) is 17.8 Å². The van der Waals surface area contributed by atoms with Crippen LogP contribution in [0.1, 0.15) is 6.92 Å². The molecule has 2 rings (SSSR count). The van der Waals surface area contributed by atoms with Crippen molar-refractivity contribution < 1.29 is 28.5 Å². The standard InChI is InChI=1S/C20H22ClN3O6/c1-11(25)18(24-23-12-6-7-15(27-2)16(9-12)28-3)20(26)22-13-8-14(21)19(30-5)17(10-13)29-4/h6-10,18H,1-5H3,(H,22,26). The number of hydrogen-bond acceptors (Lipinski definition) is 8. The summed E-state index contributed by atoms with van der Waals surface area (Å²) in [5.74, 6) is 0.457. The van der Waals surface area contributed by atoms with Crippen molar-refractivity contribution >= 4 is 34.7 Å². The number of halogens is 1. The second-order valence-corrected chi connectivity index (χ2v) is 6.36. The van der Waals surface area contributed by atoms with Crippen molar-refractivity contribution in [1.82, 2.24) is 0 Å². The highest BCUT2D eigenvalue weighted by atomic mass is 35.5. The van der Waals surface area contributed by atoms with Gasteiger partial charge in [-0.3, -0.25) is 9.59 Å². The van der Waals surface area contributed by atoms with Crippen molar-refractivity contribution in [3.05, 3.63) is 35.4 Å². The van der Waals surface area contributed by atoms with Crippen LogP contribution >= 0.6 is 11.6 Å². The van der Waals surface area contributed by atoms with Crippen molar-refractivity contribution in [1.29, 1.82) is 0 Å². The number of anilines is 1. The number of amides is 1. The van der Waals surface area contributed by atoms with E-state index in [1.165, 1.54) is 47.5 Å². The van der Waals surface area contributed by atoms with Crippen LogP contribution in [0.2, 0.25) is 5.02 Å². The third kappa shape index (κ3) is 5.38. The Balaban J connectivity index is 2.24.